The van der Waals surface area contributed by atoms with E-state index >= 15 is 0 Å². The lowest BCUT2D eigenvalue weighted by Gasteiger charge is -2.35. The highest BCUT2D eigenvalue weighted by Gasteiger charge is 2.21. The maximum atomic E-state index is 4.41. The van der Waals surface area contributed by atoms with Crippen molar-refractivity contribution >= 4 is 35.6 Å². The zero-order valence-corrected chi connectivity index (χ0v) is 19.1. The number of anilines is 1. The fourth-order valence-corrected chi connectivity index (χ4v) is 3.69. The van der Waals surface area contributed by atoms with Crippen molar-refractivity contribution in [2.24, 2.45) is 4.99 Å². The second-order valence-electron chi connectivity index (χ2n) is 7.52. The molecule has 5 nitrogen and oxygen atoms in total. The molecule has 0 amide bonds. The fraction of sp³-hybridized carbons (Fsp3) is 0.571. The molecule has 3 rings (SSSR count). The highest BCUT2D eigenvalue weighted by molar-refractivity contribution is 14.0. The Balaban J connectivity index is 0.00000261. The van der Waals surface area contributed by atoms with Crippen molar-refractivity contribution < 1.29 is 0 Å². The van der Waals surface area contributed by atoms with Crippen LogP contribution in [0.4, 0.5) is 5.69 Å². The van der Waals surface area contributed by atoms with Crippen LogP contribution < -0.4 is 15.5 Å². The fourth-order valence-electron chi connectivity index (χ4n) is 3.69. The first-order valence-corrected chi connectivity index (χ1v) is 9.86. The van der Waals surface area contributed by atoms with Gasteiger partial charge in [0.2, 0.25) is 0 Å². The molecule has 6 heteroatoms. The van der Waals surface area contributed by atoms with Gasteiger partial charge < -0.3 is 20.4 Å². The Morgan fingerprint density at radius 3 is 2.52 bits per heavy atom. The summed E-state index contributed by atoms with van der Waals surface area (Å²) in [5, 5.41) is 7.07. The molecule has 1 aromatic rings. The number of aliphatic imine (C=N–C) groups is 1. The van der Waals surface area contributed by atoms with Gasteiger partial charge in [-0.15, -0.1) is 24.0 Å². The molecule has 0 bridgehead atoms. The maximum Gasteiger partial charge on any atom is 0.191 e. The lowest BCUT2D eigenvalue weighted by atomic mass is 10.0. The van der Waals surface area contributed by atoms with Crippen LogP contribution in [-0.2, 0) is 6.54 Å². The smallest absolute Gasteiger partial charge is 0.191 e. The first kappa shape index (κ1) is 22.0. The molecule has 0 unspecified atom stereocenters. The summed E-state index contributed by atoms with van der Waals surface area (Å²) in [5.41, 5.74) is 2.57. The van der Waals surface area contributed by atoms with Gasteiger partial charge in [-0.1, -0.05) is 24.3 Å². The van der Waals surface area contributed by atoms with Crippen LogP contribution in [-0.4, -0.2) is 56.2 Å². The van der Waals surface area contributed by atoms with Crippen molar-refractivity contribution in [3.8, 4) is 0 Å². The second kappa shape index (κ2) is 10.9. The molecule has 2 heterocycles. The third-order valence-corrected chi connectivity index (χ3v) is 5.38. The highest BCUT2D eigenvalue weighted by atomic mass is 127. The molecular formula is C21H34IN5. The number of hydrogen-bond acceptors (Lipinski definition) is 3. The summed E-state index contributed by atoms with van der Waals surface area (Å²) in [4.78, 5) is 9.33. The van der Waals surface area contributed by atoms with Crippen LogP contribution in [0.2, 0.25) is 0 Å². The van der Waals surface area contributed by atoms with Crippen molar-refractivity contribution in [3.05, 3.63) is 42.0 Å². The summed E-state index contributed by atoms with van der Waals surface area (Å²) in [7, 11) is 1.85. The molecule has 150 valence electrons. The van der Waals surface area contributed by atoms with Gasteiger partial charge in [0, 0.05) is 57.5 Å². The van der Waals surface area contributed by atoms with Crippen LogP contribution in [0.3, 0.4) is 0 Å². The van der Waals surface area contributed by atoms with Gasteiger partial charge in [-0.05, 0) is 44.4 Å². The molecule has 1 saturated heterocycles. The van der Waals surface area contributed by atoms with E-state index in [0.29, 0.717) is 12.1 Å². The lowest BCUT2D eigenvalue weighted by molar-refractivity contribution is 0.167. The van der Waals surface area contributed by atoms with E-state index in [1.807, 2.05) is 7.05 Å². The average molecular weight is 483 g/mol. The van der Waals surface area contributed by atoms with E-state index in [1.54, 1.807) is 0 Å². The third kappa shape index (κ3) is 6.38. The molecule has 0 radical (unpaired) electrons. The predicted molar refractivity (Wildman–Crippen MR) is 126 cm³/mol. The van der Waals surface area contributed by atoms with E-state index in [9.17, 15) is 0 Å². The van der Waals surface area contributed by atoms with Gasteiger partial charge in [0.25, 0.3) is 0 Å². The highest BCUT2D eigenvalue weighted by Crippen LogP contribution is 2.18. The monoisotopic (exact) mass is 483 g/mol. The van der Waals surface area contributed by atoms with Gasteiger partial charge in [0.1, 0.15) is 0 Å². The van der Waals surface area contributed by atoms with Gasteiger partial charge in [0.15, 0.2) is 5.96 Å². The third-order valence-electron chi connectivity index (χ3n) is 5.38. The normalized spacial score (nSPS) is 18.7. The van der Waals surface area contributed by atoms with Crippen LogP contribution in [0.5, 0.6) is 0 Å². The number of nitrogens with one attached hydrogen (secondary N) is 2. The first-order chi connectivity index (χ1) is 12.7. The SMILES string of the molecule is CN=C(NCc1cccc(N2CC=CC2)c1)NC1CCN(C(C)C)CC1.I. The second-order valence-corrected chi connectivity index (χ2v) is 7.52. The largest absolute Gasteiger partial charge is 0.364 e. The van der Waals surface area contributed by atoms with Gasteiger partial charge in [-0.2, -0.15) is 0 Å². The first-order valence-electron chi connectivity index (χ1n) is 9.86. The van der Waals surface area contributed by atoms with Crippen molar-refractivity contribution in [1.29, 1.82) is 0 Å². The van der Waals surface area contributed by atoms with E-state index in [2.05, 4.69) is 75.7 Å². The molecule has 1 aromatic carbocycles. The molecule has 27 heavy (non-hydrogen) atoms. The zero-order valence-electron chi connectivity index (χ0n) is 16.8. The Bertz CT molecular complexity index is 627. The number of halogens is 1. The molecule has 0 aromatic heterocycles. The van der Waals surface area contributed by atoms with Crippen LogP contribution in [0.1, 0.15) is 32.3 Å². The summed E-state index contributed by atoms with van der Waals surface area (Å²) in [6.07, 6.45) is 6.80. The zero-order chi connectivity index (χ0) is 18.4. The molecule has 2 aliphatic heterocycles. The number of benzene rings is 1. The summed E-state index contributed by atoms with van der Waals surface area (Å²) < 4.78 is 0. The number of rotatable bonds is 5. The van der Waals surface area contributed by atoms with Gasteiger partial charge >= 0.3 is 0 Å². The standard InChI is InChI=1S/C21H33N5.HI/c1-17(2)25-13-9-19(10-14-25)24-21(22-3)23-16-18-7-6-8-20(15-18)26-11-4-5-12-26;/h4-8,15,17,19H,9-14,16H2,1-3H3,(H2,22,23,24);1H. The number of guanidine groups is 1. The average Bonchev–Trinajstić information content (AvgIpc) is 3.20. The summed E-state index contributed by atoms with van der Waals surface area (Å²) >= 11 is 0. The van der Waals surface area contributed by atoms with Crippen LogP contribution in [0.25, 0.3) is 0 Å². The van der Waals surface area contributed by atoms with Crippen molar-refractivity contribution in [2.75, 3.05) is 38.1 Å². The summed E-state index contributed by atoms with van der Waals surface area (Å²) in [5.74, 6) is 0.904. The summed E-state index contributed by atoms with van der Waals surface area (Å²) in [6, 6.07) is 9.93. The Morgan fingerprint density at radius 1 is 1.19 bits per heavy atom. The van der Waals surface area contributed by atoms with Gasteiger partial charge in [-0.25, -0.2) is 0 Å². The Labute approximate surface area is 181 Å². The number of hydrogen-bond donors (Lipinski definition) is 2. The number of likely N-dealkylation sites (tertiary alicyclic amines) is 1. The molecule has 0 aliphatic carbocycles. The Morgan fingerprint density at radius 2 is 1.89 bits per heavy atom. The molecule has 2 aliphatic rings. The van der Waals surface area contributed by atoms with E-state index in [4.69, 9.17) is 0 Å². The topological polar surface area (TPSA) is 42.9 Å². The van der Waals surface area contributed by atoms with Crippen molar-refractivity contribution in [2.45, 2.75) is 45.3 Å². The van der Waals surface area contributed by atoms with Crippen molar-refractivity contribution in [1.82, 2.24) is 15.5 Å². The lowest BCUT2D eigenvalue weighted by Crippen LogP contribution is -2.49. The van der Waals surface area contributed by atoms with E-state index in [-0.39, 0.29) is 24.0 Å². The molecule has 1 fully saturated rings. The number of nitrogens with zero attached hydrogens (tertiary/aromatic N) is 3. The van der Waals surface area contributed by atoms with Crippen LogP contribution in [0, 0.1) is 0 Å². The minimum Gasteiger partial charge on any atom is -0.364 e. The molecule has 0 spiro atoms. The summed E-state index contributed by atoms with van der Waals surface area (Å²) in [6.45, 7) is 9.70. The van der Waals surface area contributed by atoms with E-state index in [0.717, 1.165) is 38.7 Å². The quantitative estimate of drug-likeness (QED) is 0.292. The van der Waals surface area contributed by atoms with E-state index < -0.39 is 0 Å². The van der Waals surface area contributed by atoms with E-state index in [1.165, 1.54) is 24.1 Å². The molecule has 0 atom stereocenters. The molecule has 0 saturated carbocycles. The molecular weight excluding hydrogens is 449 g/mol. The van der Waals surface area contributed by atoms with Gasteiger partial charge in [-0.3, -0.25) is 4.99 Å². The predicted octanol–water partition coefficient (Wildman–Crippen LogP) is 3.22. The minimum atomic E-state index is 0. The van der Waals surface area contributed by atoms with Gasteiger partial charge in [0.05, 0.1) is 0 Å². The number of piperidine rings is 1. The minimum absolute atomic E-state index is 0. The van der Waals surface area contributed by atoms with Crippen LogP contribution >= 0.6 is 24.0 Å². The Kier molecular flexibility index (Phi) is 8.89. The maximum absolute atomic E-state index is 4.41. The molecule has 2 N–H and O–H groups in total. The van der Waals surface area contributed by atoms with Crippen molar-refractivity contribution in [3.63, 3.8) is 0 Å². The van der Waals surface area contributed by atoms with Crippen LogP contribution in [0.15, 0.2) is 41.4 Å². The Hall–Kier alpha value is -1.28.